The molecular weight excluding hydrogens is 809 g/mol. The van der Waals surface area contributed by atoms with Crippen LogP contribution in [0.1, 0.15) is 22.3 Å². The minimum Gasteiger partial charge on any atom is -0.228 e. The molecule has 67 heavy (non-hydrogen) atoms. The molecule has 12 aromatic rings. The van der Waals surface area contributed by atoms with E-state index in [1.807, 2.05) is 6.07 Å². The second-order valence-electron chi connectivity index (χ2n) is 18.0. The van der Waals surface area contributed by atoms with Crippen molar-refractivity contribution in [2.24, 2.45) is 0 Å². The molecule has 11 aromatic carbocycles. The summed E-state index contributed by atoms with van der Waals surface area (Å²) < 4.78 is 0. The van der Waals surface area contributed by atoms with Gasteiger partial charge < -0.3 is 0 Å². The molecule has 0 aliphatic heterocycles. The van der Waals surface area contributed by atoms with Crippen molar-refractivity contribution in [1.82, 2.24) is 9.97 Å². The summed E-state index contributed by atoms with van der Waals surface area (Å²) in [6.07, 6.45) is 0. The van der Waals surface area contributed by atoms with Crippen molar-refractivity contribution in [3.8, 4) is 78.4 Å². The highest BCUT2D eigenvalue weighted by molar-refractivity contribution is 6.20. The molecule has 1 spiro atoms. The van der Waals surface area contributed by atoms with E-state index in [4.69, 9.17) is 9.97 Å². The molecule has 2 aliphatic rings. The third kappa shape index (κ3) is 5.63. The van der Waals surface area contributed by atoms with Crippen LogP contribution in [-0.2, 0) is 5.41 Å². The SMILES string of the molecule is c1ccc(-c2nc(-c3cccc(-c4cccc(-c5c6ccccc6cc6c5ccc5ccccc56)c4)c3)cc(-c3ccc4c(c3)-c3ccccc3C43c4ccccc4-c4ccccc43)n2)cc1. The van der Waals surface area contributed by atoms with E-state index in [2.05, 4.69) is 237 Å². The van der Waals surface area contributed by atoms with Gasteiger partial charge in [0.25, 0.3) is 0 Å². The predicted octanol–water partition coefficient (Wildman–Crippen LogP) is 16.6. The molecule has 2 heteroatoms. The predicted molar refractivity (Wildman–Crippen MR) is 278 cm³/mol. The first-order valence-corrected chi connectivity index (χ1v) is 23.1. The molecule has 310 valence electrons. The summed E-state index contributed by atoms with van der Waals surface area (Å²) in [5.74, 6) is 0.701. The monoisotopic (exact) mass is 848 g/mol. The number of hydrogen-bond donors (Lipinski definition) is 0. The maximum atomic E-state index is 5.33. The number of fused-ring (bicyclic) bond motifs is 14. The number of rotatable bonds is 5. The standard InChI is InChI=1S/C65H40N2/c1-2-17-42(18-3-1)64-66-61(40-62(67-64)47-33-35-60-56(39-47)53-28-10-13-31-59(53)65(60)57-29-11-8-26-51(57)52-27-9-12-30-58(52)65)46-22-14-20-43(36-46)44-21-15-23-48(37-44)63-50-25-7-5-19-45(50)38-55-49-24-6-4-16-41(49)32-34-54(55)63/h1-40H. The van der Waals surface area contributed by atoms with Crippen molar-refractivity contribution in [2.45, 2.75) is 5.41 Å². The molecule has 0 saturated carbocycles. The zero-order valence-corrected chi connectivity index (χ0v) is 36.5. The Labute approximate surface area is 389 Å². The van der Waals surface area contributed by atoms with Crippen LogP contribution in [0.4, 0.5) is 0 Å². The van der Waals surface area contributed by atoms with E-state index < -0.39 is 5.41 Å². The van der Waals surface area contributed by atoms with Crippen molar-refractivity contribution in [2.75, 3.05) is 0 Å². The van der Waals surface area contributed by atoms with Gasteiger partial charge in [-0.25, -0.2) is 9.97 Å². The van der Waals surface area contributed by atoms with Gasteiger partial charge in [0, 0.05) is 16.7 Å². The Morgan fingerprint density at radius 3 is 1.46 bits per heavy atom. The summed E-state index contributed by atoms with van der Waals surface area (Å²) in [5.41, 5.74) is 19.6. The zero-order chi connectivity index (χ0) is 44.1. The molecule has 1 heterocycles. The second-order valence-corrected chi connectivity index (χ2v) is 18.0. The molecule has 1 aromatic heterocycles. The molecule has 14 rings (SSSR count). The summed E-state index contributed by atoms with van der Waals surface area (Å²) in [5, 5.41) is 7.54. The van der Waals surface area contributed by atoms with Gasteiger partial charge in [0.1, 0.15) is 0 Å². The Hall–Kier alpha value is -8.72. The maximum Gasteiger partial charge on any atom is 0.160 e. The summed E-state index contributed by atoms with van der Waals surface area (Å²) in [4.78, 5) is 10.6. The first kappa shape index (κ1) is 37.6. The lowest BCUT2D eigenvalue weighted by molar-refractivity contribution is 0.794. The lowest BCUT2D eigenvalue weighted by Gasteiger charge is -2.30. The zero-order valence-electron chi connectivity index (χ0n) is 36.5. The van der Waals surface area contributed by atoms with E-state index in [-0.39, 0.29) is 0 Å². The Morgan fingerprint density at radius 1 is 0.254 bits per heavy atom. The smallest absolute Gasteiger partial charge is 0.160 e. The average molecular weight is 849 g/mol. The number of nitrogens with zero attached hydrogens (tertiary/aromatic N) is 2. The highest BCUT2D eigenvalue weighted by atomic mass is 14.9. The lowest BCUT2D eigenvalue weighted by Crippen LogP contribution is -2.25. The van der Waals surface area contributed by atoms with Gasteiger partial charge >= 0.3 is 0 Å². The van der Waals surface area contributed by atoms with E-state index in [0.29, 0.717) is 5.82 Å². The molecule has 0 saturated heterocycles. The van der Waals surface area contributed by atoms with Crippen LogP contribution < -0.4 is 0 Å². The van der Waals surface area contributed by atoms with Crippen molar-refractivity contribution in [1.29, 1.82) is 0 Å². The maximum absolute atomic E-state index is 5.33. The average Bonchev–Trinajstić information content (AvgIpc) is 3.87. The van der Waals surface area contributed by atoms with Crippen LogP contribution in [0.2, 0.25) is 0 Å². The number of hydrogen-bond acceptors (Lipinski definition) is 2. The third-order valence-corrected chi connectivity index (χ3v) is 14.5. The fourth-order valence-corrected chi connectivity index (χ4v) is 11.6. The fourth-order valence-electron chi connectivity index (χ4n) is 11.6. The Bertz CT molecular complexity index is 3950. The summed E-state index contributed by atoms with van der Waals surface area (Å²) in [7, 11) is 0. The van der Waals surface area contributed by atoms with Gasteiger partial charge in [0.05, 0.1) is 16.8 Å². The number of aromatic nitrogens is 2. The van der Waals surface area contributed by atoms with E-state index in [1.54, 1.807) is 0 Å². The third-order valence-electron chi connectivity index (χ3n) is 14.5. The quantitative estimate of drug-likeness (QED) is 0.127. The van der Waals surface area contributed by atoms with Gasteiger partial charge in [0.2, 0.25) is 0 Å². The van der Waals surface area contributed by atoms with E-state index in [1.165, 1.54) is 88.0 Å². The van der Waals surface area contributed by atoms with Crippen LogP contribution in [0.5, 0.6) is 0 Å². The second kappa shape index (κ2) is 14.7. The van der Waals surface area contributed by atoms with Crippen LogP contribution in [0.3, 0.4) is 0 Å². The van der Waals surface area contributed by atoms with Gasteiger partial charge in [-0.3, -0.25) is 0 Å². The topological polar surface area (TPSA) is 25.8 Å². The van der Waals surface area contributed by atoms with Crippen molar-refractivity contribution >= 4 is 32.3 Å². The summed E-state index contributed by atoms with van der Waals surface area (Å²) in [6, 6.07) is 88.7. The summed E-state index contributed by atoms with van der Waals surface area (Å²) in [6.45, 7) is 0. The first-order valence-electron chi connectivity index (χ1n) is 23.1. The van der Waals surface area contributed by atoms with Gasteiger partial charge in [-0.15, -0.1) is 0 Å². The molecule has 0 radical (unpaired) electrons. The van der Waals surface area contributed by atoms with Crippen LogP contribution in [0.15, 0.2) is 243 Å². The van der Waals surface area contributed by atoms with E-state index in [9.17, 15) is 0 Å². The van der Waals surface area contributed by atoms with Crippen molar-refractivity contribution in [3.63, 3.8) is 0 Å². The first-order chi connectivity index (χ1) is 33.2. The molecule has 0 fully saturated rings. The van der Waals surface area contributed by atoms with Gasteiger partial charge in [-0.1, -0.05) is 212 Å². The molecule has 0 atom stereocenters. The molecule has 0 N–H and O–H groups in total. The Morgan fingerprint density at radius 2 is 0.761 bits per heavy atom. The molecule has 0 bridgehead atoms. The Balaban J connectivity index is 0.910. The summed E-state index contributed by atoms with van der Waals surface area (Å²) >= 11 is 0. The number of benzene rings is 11. The fraction of sp³-hybridized carbons (Fsp3) is 0.0154. The van der Waals surface area contributed by atoms with Crippen molar-refractivity contribution in [3.05, 3.63) is 265 Å². The molecule has 0 amide bonds. The lowest BCUT2D eigenvalue weighted by atomic mass is 9.70. The van der Waals surface area contributed by atoms with Gasteiger partial charge in [0.15, 0.2) is 5.82 Å². The minimum absolute atomic E-state index is 0.392. The van der Waals surface area contributed by atoms with E-state index in [0.717, 1.165) is 39.2 Å². The van der Waals surface area contributed by atoms with Crippen LogP contribution in [0, 0.1) is 0 Å². The normalized spacial score (nSPS) is 12.9. The van der Waals surface area contributed by atoms with Crippen LogP contribution in [0.25, 0.3) is 111 Å². The molecule has 0 unspecified atom stereocenters. The van der Waals surface area contributed by atoms with Crippen molar-refractivity contribution < 1.29 is 0 Å². The largest absolute Gasteiger partial charge is 0.228 e. The van der Waals surface area contributed by atoms with Gasteiger partial charge in [-0.2, -0.15) is 0 Å². The molecule has 2 nitrogen and oxygen atoms in total. The van der Waals surface area contributed by atoms with Crippen LogP contribution >= 0.6 is 0 Å². The Kier molecular flexibility index (Phi) is 8.23. The highest BCUT2D eigenvalue weighted by Crippen LogP contribution is 2.63. The van der Waals surface area contributed by atoms with Crippen LogP contribution in [-0.4, -0.2) is 9.97 Å². The highest BCUT2D eigenvalue weighted by Gasteiger charge is 2.51. The van der Waals surface area contributed by atoms with Gasteiger partial charge in [-0.05, 0) is 129 Å². The minimum atomic E-state index is -0.392. The molecule has 2 aliphatic carbocycles. The van der Waals surface area contributed by atoms with E-state index >= 15 is 0 Å². The molecular formula is C65H40N2.